The van der Waals surface area contributed by atoms with Gasteiger partial charge in [0.15, 0.2) is 5.96 Å². The van der Waals surface area contributed by atoms with E-state index in [2.05, 4.69) is 34.7 Å². The van der Waals surface area contributed by atoms with Crippen LogP contribution in [0.2, 0.25) is 4.34 Å². The van der Waals surface area contributed by atoms with Gasteiger partial charge < -0.3 is 15.7 Å². The van der Waals surface area contributed by atoms with Gasteiger partial charge in [0.1, 0.15) is 6.10 Å². The molecule has 0 spiro atoms. The third-order valence-electron chi connectivity index (χ3n) is 3.40. The Labute approximate surface area is 169 Å². The zero-order chi connectivity index (χ0) is 16.7. The first-order valence-electron chi connectivity index (χ1n) is 7.60. The van der Waals surface area contributed by atoms with E-state index in [0.29, 0.717) is 23.4 Å². The van der Waals surface area contributed by atoms with Gasteiger partial charge in [-0.05, 0) is 37.1 Å². The van der Waals surface area contributed by atoms with Gasteiger partial charge in [-0.1, -0.05) is 35.9 Å². The maximum atomic E-state index is 10.2. The smallest absolute Gasteiger partial charge is 0.191 e. The minimum Gasteiger partial charge on any atom is -0.386 e. The van der Waals surface area contributed by atoms with Crippen LogP contribution in [-0.2, 0) is 6.54 Å². The van der Waals surface area contributed by atoms with Crippen LogP contribution < -0.4 is 10.6 Å². The van der Waals surface area contributed by atoms with Gasteiger partial charge >= 0.3 is 0 Å². The van der Waals surface area contributed by atoms with Crippen molar-refractivity contribution < 1.29 is 5.11 Å². The summed E-state index contributed by atoms with van der Waals surface area (Å²) < 4.78 is 0.680. The van der Waals surface area contributed by atoms with Gasteiger partial charge in [-0.3, -0.25) is 0 Å². The van der Waals surface area contributed by atoms with Gasteiger partial charge in [0, 0.05) is 18.0 Å². The molecule has 3 N–H and O–H groups in total. The lowest BCUT2D eigenvalue weighted by Gasteiger charge is -2.14. The van der Waals surface area contributed by atoms with Crippen LogP contribution in [0.1, 0.15) is 29.0 Å². The molecule has 1 heterocycles. The van der Waals surface area contributed by atoms with Gasteiger partial charge in [0.05, 0.1) is 10.9 Å². The Bertz CT molecular complexity index is 663. The molecular formula is C17H23ClIN3OS. The quantitative estimate of drug-likeness (QED) is 0.332. The summed E-state index contributed by atoms with van der Waals surface area (Å²) in [5.41, 5.74) is 2.41. The number of aliphatic hydroxyl groups is 1. The monoisotopic (exact) mass is 479 g/mol. The van der Waals surface area contributed by atoms with Crippen LogP contribution in [0.15, 0.2) is 41.4 Å². The first kappa shape index (κ1) is 21.2. The largest absolute Gasteiger partial charge is 0.386 e. The number of hydrogen-bond donors (Lipinski definition) is 3. The Morgan fingerprint density at radius 3 is 2.62 bits per heavy atom. The summed E-state index contributed by atoms with van der Waals surface area (Å²) in [7, 11) is 0. The van der Waals surface area contributed by atoms with Crippen molar-refractivity contribution in [2.45, 2.75) is 26.5 Å². The van der Waals surface area contributed by atoms with E-state index in [9.17, 15) is 5.11 Å². The fourth-order valence-electron chi connectivity index (χ4n) is 2.09. The Kier molecular flexibility index (Phi) is 9.65. The number of rotatable bonds is 6. The van der Waals surface area contributed by atoms with Crippen molar-refractivity contribution in [3.63, 3.8) is 0 Å². The molecule has 7 heteroatoms. The first-order valence-corrected chi connectivity index (χ1v) is 8.79. The summed E-state index contributed by atoms with van der Waals surface area (Å²) in [6.45, 7) is 5.84. The van der Waals surface area contributed by atoms with Crippen molar-refractivity contribution in [3.05, 3.63) is 56.7 Å². The van der Waals surface area contributed by atoms with Crippen LogP contribution in [-0.4, -0.2) is 24.2 Å². The molecule has 0 radical (unpaired) electrons. The zero-order valence-corrected chi connectivity index (χ0v) is 17.7. The molecule has 1 atom stereocenters. The highest BCUT2D eigenvalue weighted by atomic mass is 127. The fourth-order valence-corrected chi connectivity index (χ4v) is 3.14. The SMILES string of the molecule is CCNC(=NCc1ccccc1C)NCC(O)c1ccc(Cl)s1.I. The Morgan fingerprint density at radius 1 is 1.25 bits per heavy atom. The number of benzene rings is 1. The average Bonchev–Trinajstić information content (AvgIpc) is 2.98. The van der Waals surface area contributed by atoms with Crippen LogP contribution >= 0.6 is 46.9 Å². The van der Waals surface area contributed by atoms with E-state index in [1.807, 2.05) is 25.1 Å². The first-order chi connectivity index (χ1) is 11.1. The number of thiophene rings is 1. The molecule has 0 saturated heterocycles. The molecule has 0 bridgehead atoms. The number of nitrogens with zero attached hydrogens (tertiary/aromatic N) is 1. The summed E-state index contributed by atoms with van der Waals surface area (Å²) in [6, 6.07) is 11.8. The van der Waals surface area contributed by atoms with Crippen LogP contribution in [0.4, 0.5) is 0 Å². The fraction of sp³-hybridized carbons (Fsp3) is 0.353. The van der Waals surface area contributed by atoms with Crippen molar-refractivity contribution in [3.8, 4) is 0 Å². The van der Waals surface area contributed by atoms with E-state index in [0.717, 1.165) is 11.4 Å². The van der Waals surface area contributed by atoms with Crippen LogP contribution in [0.25, 0.3) is 0 Å². The van der Waals surface area contributed by atoms with Gasteiger partial charge in [0.25, 0.3) is 0 Å². The maximum Gasteiger partial charge on any atom is 0.191 e. The molecule has 0 aliphatic carbocycles. The van der Waals surface area contributed by atoms with Crippen molar-refractivity contribution in [2.24, 2.45) is 4.99 Å². The molecule has 132 valence electrons. The van der Waals surface area contributed by atoms with E-state index >= 15 is 0 Å². The lowest BCUT2D eigenvalue weighted by atomic mass is 10.1. The summed E-state index contributed by atoms with van der Waals surface area (Å²) in [5.74, 6) is 0.692. The second kappa shape index (κ2) is 10.9. The van der Waals surface area contributed by atoms with Crippen LogP contribution in [0.3, 0.4) is 0 Å². The second-order valence-electron chi connectivity index (χ2n) is 5.16. The third kappa shape index (κ3) is 6.58. The number of guanidine groups is 1. The summed E-state index contributed by atoms with van der Waals surface area (Å²) in [4.78, 5) is 5.42. The third-order valence-corrected chi connectivity index (χ3v) is 4.73. The molecule has 2 rings (SSSR count). The topological polar surface area (TPSA) is 56.7 Å². The van der Waals surface area contributed by atoms with Gasteiger partial charge in [-0.2, -0.15) is 0 Å². The molecule has 0 saturated carbocycles. The summed E-state index contributed by atoms with van der Waals surface area (Å²) >= 11 is 7.29. The predicted octanol–water partition coefficient (Wildman–Crippen LogP) is 4.12. The molecule has 0 fully saturated rings. The van der Waals surface area contributed by atoms with Crippen molar-refractivity contribution >= 4 is 52.9 Å². The lowest BCUT2D eigenvalue weighted by Crippen LogP contribution is -2.39. The van der Waals surface area contributed by atoms with E-state index in [1.165, 1.54) is 22.5 Å². The molecule has 1 unspecified atom stereocenters. The van der Waals surface area contributed by atoms with Gasteiger partial charge in [-0.25, -0.2) is 4.99 Å². The number of aryl methyl sites for hydroxylation is 1. The second-order valence-corrected chi connectivity index (χ2v) is 6.91. The number of aliphatic hydroxyl groups excluding tert-OH is 1. The molecule has 0 aliphatic rings. The van der Waals surface area contributed by atoms with Crippen molar-refractivity contribution in [1.29, 1.82) is 0 Å². The zero-order valence-electron chi connectivity index (χ0n) is 13.8. The van der Waals surface area contributed by atoms with E-state index < -0.39 is 6.10 Å². The Hall–Kier alpha value is -0.830. The molecule has 1 aromatic heterocycles. The lowest BCUT2D eigenvalue weighted by molar-refractivity contribution is 0.184. The van der Waals surface area contributed by atoms with E-state index in [1.54, 1.807) is 6.07 Å². The highest BCUT2D eigenvalue weighted by Gasteiger charge is 2.11. The minimum absolute atomic E-state index is 0. The predicted molar refractivity (Wildman–Crippen MR) is 114 cm³/mol. The molecule has 0 amide bonds. The molecule has 1 aromatic carbocycles. The van der Waals surface area contributed by atoms with Crippen molar-refractivity contribution in [2.75, 3.05) is 13.1 Å². The molecule has 24 heavy (non-hydrogen) atoms. The summed E-state index contributed by atoms with van der Waals surface area (Å²) in [5, 5.41) is 16.5. The number of nitrogens with one attached hydrogen (secondary N) is 2. The highest BCUT2D eigenvalue weighted by molar-refractivity contribution is 14.0. The standard InChI is InChI=1S/C17H22ClN3OS.HI/c1-3-19-17(20-10-13-7-5-4-6-12(13)2)21-11-14(22)15-8-9-16(18)23-15;/h4-9,14,22H,3,10-11H2,1-2H3,(H2,19,20,21);1H. The van der Waals surface area contributed by atoms with Gasteiger partial charge in [-0.15, -0.1) is 35.3 Å². The van der Waals surface area contributed by atoms with Gasteiger partial charge in [0.2, 0.25) is 0 Å². The van der Waals surface area contributed by atoms with E-state index in [4.69, 9.17) is 11.6 Å². The van der Waals surface area contributed by atoms with Crippen LogP contribution in [0, 0.1) is 6.92 Å². The Balaban J connectivity index is 0.00000288. The normalized spacial score (nSPS) is 12.4. The average molecular weight is 480 g/mol. The molecule has 4 nitrogen and oxygen atoms in total. The summed E-state index contributed by atoms with van der Waals surface area (Å²) in [6.07, 6.45) is -0.602. The number of halogens is 2. The Morgan fingerprint density at radius 2 is 2.00 bits per heavy atom. The number of aliphatic imine (C=N–C) groups is 1. The molecule has 0 aliphatic heterocycles. The van der Waals surface area contributed by atoms with Crippen molar-refractivity contribution in [1.82, 2.24) is 10.6 Å². The highest BCUT2D eigenvalue weighted by Crippen LogP contribution is 2.26. The minimum atomic E-state index is -0.602. The van der Waals surface area contributed by atoms with E-state index in [-0.39, 0.29) is 24.0 Å². The van der Waals surface area contributed by atoms with Crippen LogP contribution in [0.5, 0.6) is 0 Å². The molecular weight excluding hydrogens is 457 g/mol. The molecule has 2 aromatic rings. The maximum absolute atomic E-state index is 10.2. The number of hydrogen-bond acceptors (Lipinski definition) is 3.